The zero-order valence-corrected chi connectivity index (χ0v) is 20.5. The van der Waals surface area contributed by atoms with Gasteiger partial charge in [-0.1, -0.05) is 36.9 Å². The second kappa shape index (κ2) is 11.9. The van der Waals surface area contributed by atoms with Crippen LogP contribution in [0.4, 0.5) is 0 Å². The van der Waals surface area contributed by atoms with Crippen molar-refractivity contribution < 1.29 is 28.9 Å². The molecule has 0 radical (unpaired) electrons. The molecule has 2 saturated heterocycles. The van der Waals surface area contributed by atoms with Gasteiger partial charge in [0.05, 0.1) is 31.9 Å². The number of aliphatic hydroxyl groups excluding tert-OH is 1. The average molecular weight is 493 g/mol. The normalized spacial score (nSPS) is 19.9. The molecule has 0 aromatic heterocycles. The summed E-state index contributed by atoms with van der Waals surface area (Å²) in [7, 11) is 1.53. The number of carbonyl (C=O) groups is 2. The zero-order valence-electron chi connectivity index (χ0n) is 20.5. The Kier molecular flexibility index (Phi) is 8.40. The molecule has 1 atom stereocenters. The molecule has 8 nitrogen and oxygen atoms in total. The predicted octanol–water partition coefficient (Wildman–Crippen LogP) is 3.40. The topological polar surface area (TPSA) is 88.5 Å². The Labute approximate surface area is 211 Å². The third-order valence-electron chi connectivity index (χ3n) is 6.42. The van der Waals surface area contributed by atoms with Crippen LogP contribution in [0.5, 0.6) is 11.5 Å². The fourth-order valence-corrected chi connectivity index (χ4v) is 4.57. The molecule has 8 heteroatoms. The number of aliphatic hydroxyl groups is 1. The van der Waals surface area contributed by atoms with E-state index in [4.69, 9.17) is 14.2 Å². The first kappa shape index (κ1) is 25.5. The van der Waals surface area contributed by atoms with Crippen molar-refractivity contribution >= 4 is 17.4 Å². The lowest BCUT2D eigenvalue weighted by atomic mass is 9.95. The Balaban J connectivity index is 1.67. The molecule has 2 heterocycles. The number of nitrogens with zero attached hydrogens (tertiary/aromatic N) is 2. The van der Waals surface area contributed by atoms with Gasteiger partial charge in [-0.15, -0.1) is 0 Å². The van der Waals surface area contributed by atoms with Crippen LogP contribution in [0.2, 0.25) is 0 Å². The van der Waals surface area contributed by atoms with E-state index in [1.807, 2.05) is 12.1 Å². The highest BCUT2D eigenvalue weighted by atomic mass is 16.5. The van der Waals surface area contributed by atoms with Crippen molar-refractivity contribution in [3.05, 3.63) is 77.9 Å². The van der Waals surface area contributed by atoms with Gasteiger partial charge in [-0.2, -0.15) is 0 Å². The second-order valence-electron chi connectivity index (χ2n) is 8.70. The van der Waals surface area contributed by atoms with E-state index in [0.29, 0.717) is 49.8 Å². The van der Waals surface area contributed by atoms with Crippen molar-refractivity contribution in [3.63, 3.8) is 0 Å². The lowest BCUT2D eigenvalue weighted by Crippen LogP contribution is -2.38. The third kappa shape index (κ3) is 5.61. The lowest BCUT2D eigenvalue weighted by Gasteiger charge is -2.29. The minimum absolute atomic E-state index is 0.0689. The number of benzene rings is 2. The van der Waals surface area contributed by atoms with Crippen LogP contribution in [0.3, 0.4) is 0 Å². The van der Waals surface area contributed by atoms with Crippen LogP contribution < -0.4 is 9.47 Å². The van der Waals surface area contributed by atoms with E-state index in [1.54, 1.807) is 47.4 Å². The fourth-order valence-electron chi connectivity index (χ4n) is 4.57. The monoisotopic (exact) mass is 492 g/mol. The first-order chi connectivity index (χ1) is 17.5. The first-order valence-electron chi connectivity index (χ1n) is 12.1. The molecule has 2 fully saturated rings. The van der Waals surface area contributed by atoms with E-state index in [2.05, 4.69) is 11.5 Å². The average Bonchev–Trinajstić information content (AvgIpc) is 3.17. The molecule has 1 amide bonds. The van der Waals surface area contributed by atoms with Crippen LogP contribution in [0, 0.1) is 0 Å². The molecule has 2 aliphatic heterocycles. The van der Waals surface area contributed by atoms with Gasteiger partial charge in [0.25, 0.3) is 11.7 Å². The van der Waals surface area contributed by atoms with Crippen LogP contribution in [0.1, 0.15) is 23.6 Å². The smallest absolute Gasteiger partial charge is 0.295 e. The molecular weight excluding hydrogens is 460 g/mol. The maximum atomic E-state index is 13.2. The van der Waals surface area contributed by atoms with E-state index in [1.165, 1.54) is 7.11 Å². The standard InChI is InChI=1S/C28H32N2O6/c1-3-16-36-22-10-8-20(9-11-22)25-24(26(31)21-6-4-7-23(19-21)34-2)27(32)28(33)30(25)13-5-12-29-14-17-35-18-15-29/h3-4,6-11,19,25,31H,1,5,12-18H2,2H3/b26-24+. The highest BCUT2D eigenvalue weighted by Gasteiger charge is 2.45. The molecule has 2 aromatic carbocycles. The summed E-state index contributed by atoms with van der Waals surface area (Å²) in [6, 6.07) is 13.3. The Hall–Kier alpha value is -3.62. The molecule has 190 valence electrons. The minimum Gasteiger partial charge on any atom is -0.507 e. The van der Waals surface area contributed by atoms with E-state index < -0.39 is 17.7 Å². The number of hydrogen-bond acceptors (Lipinski definition) is 7. The molecule has 0 spiro atoms. The van der Waals surface area contributed by atoms with E-state index in [9.17, 15) is 14.7 Å². The number of morpholine rings is 1. The summed E-state index contributed by atoms with van der Waals surface area (Å²) in [5, 5.41) is 11.2. The van der Waals surface area contributed by atoms with Crippen molar-refractivity contribution in [1.82, 2.24) is 9.80 Å². The highest BCUT2D eigenvalue weighted by molar-refractivity contribution is 6.46. The van der Waals surface area contributed by atoms with Crippen molar-refractivity contribution in [3.8, 4) is 11.5 Å². The fraction of sp³-hybridized carbons (Fsp3) is 0.357. The Morgan fingerprint density at radius 3 is 2.56 bits per heavy atom. The molecule has 2 aromatic rings. The number of rotatable bonds is 10. The van der Waals surface area contributed by atoms with Crippen LogP contribution in [-0.4, -0.2) is 79.7 Å². The molecule has 0 aliphatic carbocycles. The zero-order chi connectivity index (χ0) is 25.5. The van der Waals surface area contributed by atoms with Gasteiger partial charge in [-0.05, 0) is 36.2 Å². The Morgan fingerprint density at radius 2 is 1.86 bits per heavy atom. The summed E-state index contributed by atoms with van der Waals surface area (Å²) in [5.74, 6) is -0.341. The first-order valence-corrected chi connectivity index (χ1v) is 12.1. The number of ether oxygens (including phenoxy) is 3. The van der Waals surface area contributed by atoms with Gasteiger partial charge in [0.15, 0.2) is 0 Å². The van der Waals surface area contributed by atoms with Crippen LogP contribution in [0.25, 0.3) is 5.76 Å². The van der Waals surface area contributed by atoms with E-state index >= 15 is 0 Å². The second-order valence-corrected chi connectivity index (χ2v) is 8.70. The molecule has 4 rings (SSSR count). The number of amides is 1. The van der Waals surface area contributed by atoms with Crippen LogP contribution in [0.15, 0.2) is 66.8 Å². The summed E-state index contributed by atoms with van der Waals surface area (Å²) >= 11 is 0. The maximum Gasteiger partial charge on any atom is 0.295 e. The van der Waals surface area contributed by atoms with Crippen molar-refractivity contribution in [2.45, 2.75) is 12.5 Å². The third-order valence-corrected chi connectivity index (χ3v) is 6.42. The van der Waals surface area contributed by atoms with Crippen molar-refractivity contribution in [2.75, 3.05) is 53.1 Å². The van der Waals surface area contributed by atoms with Gasteiger partial charge >= 0.3 is 0 Å². The molecular formula is C28H32N2O6. The summed E-state index contributed by atoms with van der Waals surface area (Å²) in [6.07, 6.45) is 2.36. The summed E-state index contributed by atoms with van der Waals surface area (Å²) in [4.78, 5) is 30.3. The predicted molar refractivity (Wildman–Crippen MR) is 136 cm³/mol. The maximum absolute atomic E-state index is 13.2. The molecule has 1 N–H and O–H groups in total. The minimum atomic E-state index is -0.714. The van der Waals surface area contributed by atoms with Gasteiger partial charge in [0.1, 0.15) is 23.9 Å². The highest BCUT2D eigenvalue weighted by Crippen LogP contribution is 2.40. The lowest BCUT2D eigenvalue weighted by molar-refractivity contribution is -0.140. The number of ketones is 1. The number of carbonyl (C=O) groups excluding carboxylic acids is 2. The van der Waals surface area contributed by atoms with Gasteiger partial charge < -0.3 is 24.2 Å². The summed E-state index contributed by atoms with van der Waals surface area (Å²) in [5.41, 5.74) is 1.20. The summed E-state index contributed by atoms with van der Waals surface area (Å²) in [6.45, 7) is 8.31. The van der Waals surface area contributed by atoms with Crippen LogP contribution in [-0.2, 0) is 14.3 Å². The quantitative estimate of drug-likeness (QED) is 0.235. The molecule has 36 heavy (non-hydrogen) atoms. The summed E-state index contributed by atoms with van der Waals surface area (Å²) < 4.78 is 16.3. The molecule has 2 aliphatic rings. The van der Waals surface area contributed by atoms with E-state index in [-0.39, 0.29) is 11.3 Å². The molecule has 1 unspecified atom stereocenters. The molecule has 0 saturated carbocycles. The van der Waals surface area contributed by atoms with Crippen molar-refractivity contribution in [2.24, 2.45) is 0 Å². The largest absolute Gasteiger partial charge is 0.507 e. The van der Waals surface area contributed by atoms with E-state index in [0.717, 1.165) is 25.2 Å². The van der Waals surface area contributed by atoms with Gasteiger partial charge in [-0.3, -0.25) is 14.5 Å². The van der Waals surface area contributed by atoms with Gasteiger partial charge in [0.2, 0.25) is 0 Å². The number of likely N-dealkylation sites (tertiary alicyclic amines) is 1. The number of methoxy groups -OCH3 is 1. The molecule has 0 bridgehead atoms. The Bertz CT molecular complexity index is 1120. The Morgan fingerprint density at radius 1 is 1.11 bits per heavy atom. The van der Waals surface area contributed by atoms with Gasteiger partial charge in [0, 0.05) is 31.7 Å². The number of hydrogen-bond donors (Lipinski definition) is 1. The van der Waals surface area contributed by atoms with Crippen LogP contribution >= 0.6 is 0 Å². The van der Waals surface area contributed by atoms with Gasteiger partial charge in [-0.25, -0.2) is 0 Å². The SMILES string of the molecule is C=CCOc1ccc(C2/C(=C(\O)c3cccc(OC)c3)C(=O)C(=O)N2CCCN2CCOCC2)cc1. The number of Topliss-reactive ketones (excluding diaryl/α,β-unsaturated/α-hetero) is 1. The van der Waals surface area contributed by atoms with Crippen molar-refractivity contribution in [1.29, 1.82) is 0 Å².